The Kier molecular flexibility index (Phi) is 2.45. The van der Waals surface area contributed by atoms with Crippen LogP contribution in [-0.2, 0) is 4.74 Å². The van der Waals surface area contributed by atoms with Crippen molar-refractivity contribution >= 4 is 0 Å². The first kappa shape index (κ1) is 6.99. The van der Waals surface area contributed by atoms with Gasteiger partial charge in [0.2, 0.25) is 0 Å². The lowest BCUT2D eigenvalue weighted by atomic mass is 10.1. The van der Waals surface area contributed by atoms with Crippen LogP contribution in [0.25, 0.3) is 0 Å². The number of methoxy groups -OCH3 is 1. The molecule has 0 aromatic carbocycles. The van der Waals surface area contributed by atoms with E-state index in [1.807, 2.05) is 0 Å². The second-order valence-corrected chi connectivity index (χ2v) is 2.43. The lowest BCUT2D eigenvalue weighted by Gasteiger charge is -2.27. The fourth-order valence-corrected chi connectivity index (χ4v) is 1.11. The van der Waals surface area contributed by atoms with Crippen LogP contribution in [0.4, 0.5) is 0 Å². The smallest absolute Gasteiger partial charge is 0.0846 e. The van der Waals surface area contributed by atoms with Crippen LogP contribution in [0, 0.1) is 0 Å². The molecule has 0 bridgehead atoms. The molecule has 1 saturated heterocycles. The first-order chi connectivity index (χ1) is 4.34. The summed E-state index contributed by atoms with van der Waals surface area (Å²) in [5.41, 5.74) is 5.72. The van der Waals surface area contributed by atoms with Crippen molar-refractivity contribution in [3.05, 3.63) is 0 Å². The summed E-state index contributed by atoms with van der Waals surface area (Å²) in [4.78, 5) is 0. The lowest BCUT2D eigenvalue weighted by molar-refractivity contribution is 0.0646. The Morgan fingerprint density at radius 3 is 2.89 bits per heavy atom. The zero-order valence-corrected chi connectivity index (χ0v) is 5.76. The van der Waals surface area contributed by atoms with Crippen LogP contribution in [0.3, 0.4) is 0 Å². The van der Waals surface area contributed by atoms with Gasteiger partial charge >= 0.3 is 0 Å². The first-order valence-corrected chi connectivity index (χ1v) is 3.33. The van der Waals surface area contributed by atoms with Gasteiger partial charge in [0.25, 0.3) is 0 Å². The second kappa shape index (κ2) is 3.15. The van der Waals surface area contributed by atoms with Gasteiger partial charge in [-0.25, -0.2) is 0 Å². The standard InChI is InChI=1S/C6H14N2O/c1-9-6-4-8-3-2-5(6)7/h5-6,8H,2-4,7H2,1H3/t5-,6?/m1/s1. The molecule has 1 aliphatic rings. The Hall–Kier alpha value is -0.120. The van der Waals surface area contributed by atoms with E-state index in [1.54, 1.807) is 7.11 Å². The van der Waals surface area contributed by atoms with Gasteiger partial charge < -0.3 is 15.8 Å². The molecule has 54 valence electrons. The minimum absolute atomic E-state index is 0.221. The van der Waals surface area contributed by atoms with Crippen molar-refractivity contribution in [2.75, 3.05) is 20.2 Å². The molecule has 0 aromatic rings. The molecule has 1 heterocycles. The minimum Gasteiger partial charge on any atom is -0.379 e. The monoisotopic (exact) mass is 130 g/mol. The highest BCUT2D eigenvalue weighted by molar-refractivity contribution is 4.80. The van der Waals surface area contributed by atoms with Crippen molar-refractivity contribution in [2.24, 2.45) is 5.73 Å². The molecule has 3 N–H and O–H groups in total. The maximum Gasteiger partial charge on any atom is 0.0846 e. The lowest BCUT2D eigenvalue weighted by Crippen LogP contribution is -2.49. The van der Waals surface area contributed by atoms with Crippen LogP contribution in [-0.4, -0.2) is 32.3 Å². The Morgan fingerprint density at radius 2 is 2.44 bits per heavy atom. The van der Waals surface area contributed by atoms with Gasteiger partial charge in [0.15, 0.2) is 0 Å². The predicted molar refractivity (Wildman–Crippen MR) is 36.3 cm³/mol. The van der Waals surface area contributed by atoms with E-state index in [4.69, 9.17) is 10.5 Å². The molecular weight excluding hydrogens is 116 g/mol. The van der Waals surface area contributed by atoms with Crippen molar-refractivity contribution in [2.45, 2.75) is 18.6 Å². The molecule has 0 spiro atoms. The van der Waals surface area contributed by atoms with E-state index in [-0.39, 0.29) is 12.1 Å². The zero-order chi connectivity index (χ0) is 6.69. The number of rotatable bonds is 1. The summed E-state index contributed by atoms with van der Waals surface area (Å²) < 4.78 is 5.12. The average Bonchev–Trinajstić information content (AvgIpc) is 1.89. The molecule has 1 rings (SSSR count). The summed E-state index contributed by atoms with van der Waals surface area (Å²) >= 11 is 0. The van der Waals surface area contributed by atoms with Crippen LogP contribution in [0.1, 0.15) is 6.42 Å². The van der Waals surface area contributed by atoms with Gasteiger partial charge in [0.1, 0.15) is 0 Å². The van der Waals surface area contributed by atoms with E-state index in [0.717, 1.165) is 19.5 Å². The van der Waals surface area contributed by atoms with Gasteiger partial charge in [0, 0.05) is 19.7 Å². The van der Waals surface area contributed by atoms with E-state index in [9.17, 15) is 0 Å². The molecule has 2 atom stereocenters. The fraction of sp³-hybridized carbons (Fsp3) is 1.00. The van der Waals surface area contributed by atoms with Gasteiger partial charge in [-0.1, -0.05) is 0 Å². The maximum atomic E-state index is 5.72. The van der Waals surface area contributed by atoms with Crippen molar-refractivity contribution in [1.29, 1.82) is 0 Å². The Bertz CT molecular complexity index is 87.1. The van der Waals surface area contributed by atoms with E-state index >= 15 is 0 Å². The summed E-state index contributed by atoms with van der Waals surface area (Å²) in [7, 11) is 1.71. The average molecular weight is 130 g/mol. The van der Waals surface area contributed by atoms with Crippen LogP contribution >= 0.6 is 0 Å². The van der Waals surface area contributed by atoms with Gasteiger partial charge in [-0.05, 0) is 13.0 Å². The van der Waals surface area contributed by atoms with E-state index in [1.165, 1.54) is 0 Å². The topological polar surface area (TPSA) is 47.3 Å². The molecule has 0 saturated carbocycles. The Morgan fingerprint density at radius 1 is 1.67 bits per heavy atom. The third kappa shape index (κ3) is 1.64. The van der Waals surface area contributed by atoms with Crippen LogP contribution < -0.4 is 11.1 Å². The molecule has 1 unspecified atom stereocenters. The highest BCUT2D eigenvalue weighted by atomic mass is 16.5. The quantitative estimate of drug-likeness (QED) is 0.494. The molecule has 3 nitrogen and oxygen atoms in total. The third-order valence-corrected chi connectivity index (χ3v) is 1.78. The Labute approximate surface area is 55.6 Å². The number of nitrogens with two attached hydrogens (primary N) is 1. The SMILES string of the molecule is COC1CNCC[C@H]1N. The highest BCUT2D eigenvalue weighted by Crippen LogP contribution is 2.02. The van der Waals surface area contributed by atoms with Gasteiger partial charge in [-0.3, -0.25) is 0 Å². The normalized spacial score (nSPS) is 36.7. The molecule has 0 aromatic heterocycles. The van der Waals surface area contributed by atoms with Crippen LogP contribution in [0.5, 0.6) is 0 Å². The molecule has 0 aliphatic carbocycles. The first-order valence-electron chi connectivity index (χ1n) is 3.33. The van der Waals surface area contributed by atoms with E-state index in [0.29, 0.717) is 0 Å². The minimum atomic E-state index is 0.221. The van der Waals surface area contributed by atoms with E-state index < -0.39 is 0 Å². The largest absolute Gasteiger partial charge is 0.379 e. The van der Waals surface area contributed by atoms with Gasteiger partial charge in [-0.2, -0.15) is 0 Å². The maximum absolute atomic E-state index is 5.72. The van der Waals surface area contributed by atoms with Crippen LogP contribution in [0.2, 0.25) is 0 Å². The molecule has 1 fully saturated rings. The fourth-order valence-electron chi connectivity index (χ4n) is 1.11. The summed E-state index contributed by atoms with van der Waals surface area (Å²) in [6.07, 6.45) is 1.25. The number of nitrogens with one attached hydrogen (secondary N) is 1. The predicted octanol–water partition coefficient (Wildman–Crippen LogP) is -0.678. The summed E-state index contributed by atoms with van der Waals surface area (Å²) in [6, 6.07) is 0.233. The van der Waals surface area contributed by atoms with Gasteiger partial charge in [0.05, 0.1) is 6.10 Å². The van der Waals surface area contributed by atoms with Crippen molar-refractivity contribution < 1.29 is 4.74 Å². The van der Waals surface area contributed by atoms with Crippen molar-refractivity contribution in [3.8, 4) is 0 Å². The molecule has 0 amide bonds. The third-order valence-electron chi connectivity index (χ3n) is 1.78. The molecule has 1 aliphatic heterocycles. The van der Waals surface area contributed by atoms with E-state index in [2.05, 4.69) is 5.32 Å². The zero-order valence-electron chi connectivity index (χ0n) is 5.76. The summed E-state index contributed by atoms with van der Waals surface area (Å²) in [6.45, 7) is 1.93. The molecular formula is C6H14N2O. The number of hydrogen-bond acceptors (Lipinski definition) is 3. The Balaban J connectivity index is 2.30. The van der Waals surface area contributed by atoms with Crippen LogP contribution in [0.15, 0.2) is 0 Å². The number of piperidine rings is 1. The van der Waals surface area contributed by atoms with Crippen molar-refractivity contribution in [1.82, 2.24) is 5.32 Å². The number of hydrogen-bond donors (Lipinski definition) is 2. The highest BCUT2D eigenvalue weighted by Gasteiger charge is 2.19. The number of ether oxygens (including phenoxy) is 1. The molecule has 0 radical (unpaired) electrons. The molecule has 9 heavy (non-hydrogen) atoms. The second-order valence-electron chi connectivity index (χ2n) is 2.43. The van der Waals surface area contributed by atoms with Crippen molar-refractivity contribution in [3.63, 3.8) is 0 Å². The summed E-state index contributed by atoms with van der Waals surface area (Å²) in [5, 5.41) is 3.21. The van der Waals surface area contributed by atoms with Gasteiger partial charge in [-0.15, -0.1) is 0 Å². The summed E-state index contributed by atoms with van der Waals surface area (Å²) in [5.74, 6) is 0. The molecule has 3 heteroatoms.